The first kappa shape index (κ1) is 29.2. The van der Waals surface area contributed by atoms with E-state index in [9.17, 15) is 9.90 Å². The Morgan fingerprint density at radius 3 is 2.49 bits per heavy atom. The number of rotatable bonds is 12. The van der Waals surface area contributed by atoms with Crippen molar-refractivity contribution in [2.45, 2.75) is 150 Å². The van der Waals surface area contributed by atoms with Crippen molar-refractivity contribution >= 4 is 5.97 Å². The molecule has 1 N–H and O–H groups in total. The molecule has 0 heterocycles. The maximum Gasteiger partial charge on any atom is 0.332 e. The van der Waals surface area contributed by atoms with Crippen molar-refractivity contribution < 1.29 is 14.6 Å². The summed E-state index contributed by atoms with van der Waals surface area (Å²) in [5.41, 5.74) is 2.43. The number of carbonyl (C=O) groups is 1. The lowest BCUT2D eigenvalue weighted by atomic mass is 9.47. The quantitative estimate of drug-likeness (QED) is 0.208. The van der Waals surface area contributed by atoms with Gasteiger partial charge in [0.2, 0.25) is 0 Å². The van der Waals surface area contributed by atoms with Gasteiger partial charge in [0.25, 0.3) is 0 Å². The molecule has 0 aromatic carbocycles. The molecule has 0 saturated heterocycles. The van der Waals surface area contributed by atoms with E-state index in [2.05, 4.69) is 47.6 Å². The van der Waals surface area contributed by atoms with E-state index in [1.54, 1.807) is 5.57 Å². The first-order chi connectivity index (χ1) is 17.6. The third-order valence-corrected chi connectivity index (χ3v) is 12.0. The average molecular weight is 515 g/mol. The maximum atomic E-state index is 11.9. The van der Waals surface area contributed by atoms with Crippen LogP contribution in [0.1, 0.15) is 138 Å². The topological polar surface area (TPSA) is 46.5 Å². The Bertz CT molecular complexity index is 801. The predicted molar refractivity (Wildman–Crippen MR) is 153 cm³/mol. The highest BCUT2D eigenvalue weighted by Gasteiger charge is 2.59. The van der Waals surface area contributed by atoms with Gasteiger partial charge in [-0.25, -0.2) is 4.79 Å². The van der Waals surface area contributed by atoms with E-state index >= 15 is 0 Å². The zero-order valence-electron chi connectivity index (χ0n) is 25.1. The molecule has 0 aliphatic heterocycles. The number of ether oxygens (including phenoxy) is 1. The number of carboxylic acid groups (broad SMARTS) is 1. The maximum absolute atomic E-state index is 11.9. The molecule has 3 saturated carbocycles. The fourth-order valence-electron chi connectivity index (χ4n) is 9.83. The van der Waals surface area contributed by atoms with Crippen LogP contribution in [0.15, 0.2) is 11.6 Å². The lowest BCUT2D eigenvalue weighted by Gasteiger charge is -2.58. The van der Waals surface area contributed by atoms with Crippen LogP contribution < -0.4 is 0 Å². The molecule has 3 fully saturated rings. The minimum absolute atomic E-state index is 0.0787. The highest BCUT2D eigenvalue weighted by atomic mass is 16.5. The van der Waals surface area contributed by atoms with Gasteiger partial charge in [0, 0.05) is 0 Å². The predicted octanol–water partition coefficient (Wildman–Crippen LogP) is 9.45. The van der Waals surface area contributed by atoms with Crippen LogP contribution in [0, 0.1) is 46.3 Å². The highest BCUT2D eigenvalue weighted by molar-refractivity contribution is 5.72. The van der Waals surface area contributed by atoms with Crippen molar-refractivity contribution in [3.8, 4) is 0 Å². The lowest BCUT2D eigenvalue weighted by molar-refractivity contribution is -0.157. The van der Waals surface area contributed by atoms with Gasteiger partial charge in [-0.05, 0) is 104 Å². The van der Waals surface area contributed by atoms with Gasteiger partial charge in [-0.15, -0.1) is 0 Å². The molecule has 3 nitrogen and oxygen atoms in total. The van der Waals surface area contributed by atoms with Crippen LogP contribution in [-0.2, 0) is 9.53 Å². The van der Waals surface area contributed by atoms with Gasteiger partial charge >= 0.3 is 5.97 Å². The summed E-state index contributed by atoms with van der Waals surface area (Å²) in [4.78, 5) is 11.9. The Morgan fingerprint density at radius 1 is 1.00 bits per heavy atom. The fourth-order valence-corrected chi connectivity index (χ4v) is 9.83. The number of hydrogen-bond acceptors (Lipinski definition) is 2. The van der Waals surface area contributed by atoms with Crippen LogP contribution in [0.3, 0.4) is 0 Å². The van der Waals surface area contributed by atoms with E-state index in [-0.39, 0.29) is 6.10 Å². The Morgan fingerprint density at radius 2 is 1.78 bits per heavy atom. The van der Waals surface area contributed by atoms with Crippen LogP contribution in [-0.4, -0.2) is 23.3 Å². The molecule has 3 heteroatoms. The lowest BCUT2D eigenvalue weighted by Crippen LogP contribution is -2.51. The van der Waals surface area contributed by atoms with E-state index in [1.165, 1.54) is 57.8 Å². The normalized spacial score (nSPS) is 38.9. The third-order valence-electron chi connectivity index (χ3n) is 12.0. The fraction of sp³-hybridized carbons (Fsp3) is 0.912. The van der Waals surface area contributed by atoms with Crippen molar-refractivity contribution in [3.05, 3.63) is 11.6 Å². The Labute approximate surface area is 228 Å². The van der Waals surface area contributed by atoms with Crippen LogP contribution in [0.4, 0.5) is 0 Å². The number of hydrogen-bond donors (Lipinski definition) is 1. The van der Waals surface area contributed by atoms with Crippen molar-refractivity contribution in [1.29, 1.82) is 0 Å². The third kappa shape index (κ3) is 6.02. The molecule has 0 spiro atoms. The minimum atomic E-state index is -0.775. The molecule has 4 rings (SSSR count). The molecule has 1 unspecified atom stereocenters. The summed E-state index contributed by atoms with van der Waals surface area (Å²) in [7, 11) is 0. The minimum Gasteiger partial charge on any atom is -0.479 e. The van der Waals surface area contributed by atoms with Gasteiger partial charge in [-0.1, -0.05) is 91.7 Å². The SMILES string of the molecule is CCCCCC(O[C@H]1CC[C@@]2(C)C(=CC[C@H]3[C@@H]4CC[C@H]([C@H](C)CCCC(C)C)[C@@]4(C)CC[C@@H]32)C1)C(=O)O. The molecule has 37 heavy (non-hydrogen) atoms. The molecular weight excluding hydrogens is 456 g/mol. The van der Waals surface area contributed by atoms with E-state index in [1.807, 2.05) is 0 Å². The van der Waals surface area contributed by atoms with E-state index in [0.29, 0.717) is 17.3 Å². The monoisotopic (exact) mass is 514 g/mol. The van der Waals surface area contributed by atoms with Gasteiger partial charge < -0.3 is 9.84 Å². The standard InChI is InChI=1S/C34H58O3/c1-7-8-9-13-31(32(35)36)37-26-18-20-33(5)25(22-26)14-15-27-29-17-16-28(24(4)12-10-11-23(2)3)34(29,6)21-19-30(27)33/h14,23-24,26-31H,7-13,15-22H2,1-6H3,(H,35,36)/t24-,26+,27+,28-,29+,30+,31?,33+,34-/m1/s1. The van der Waals surface area contributed by atoms with Gasteiger partial charge in [-0.3, -0.25) is 0 Å². The zero-order valence-corrected chi connectivity index (χ0v) is 25.1. The average Bonchev–Trinajstić information content (AvgIpc) is 3.20. The van der Waals surface area contributed by atoms with Crippen LogP contribution in [0.5, 0.6) is 0 Å². The summed E-state index contributed by atoms with van der Waals surface area (Å²) in [5.74, 6) is 4.37. The summed E-state index contributed by atoms with van der Waals surface area (Å²) in [5, 5.41) is 9.74. The van der Waals surface area contributed by atoms with E-state index < -0.39 is 12.1 Å². The molecule has 4 aliphatic carbocycles. The summed E-state index contributed by atoms with van der Waals surface area (Å²) in [6.45, 7) is 14.7. The van der Waals surface area contributed by atoms with Crippen molar-refractivity contribution in [1.82, 2.24) is 0 Å². The molecular formula is C34H58O3. The Balaban J connectivity index is 1.41. The van der Waals surface area contributed by atoms with E-state index in [0.717, 1.165) is 67.6 Å². The second kappa shape index (κ2) is 12.1. The second-order valence-corrected chi connectivity index (χ2v) is 14.6. The number of carboxylic acids is 1. The number of unbranched alkanes of at least 4 members (excludes halogenated alkanes) is 2. The van der Waals surface area contributed by atoms with Crippen molar-refractivity contribution in [2.24, 2.45) is 46.3 Å². The summed E-state index contributed by atoms with van der Waals surface area (Å²) in [6.07, 6.45) is 20.1. The molecule has 0 radical (unpaired) electrons. The smallest absolute Gasteiger partial charge is 0.332 e. The van der Waals surface area contributed by atoms with Gasteiger partial charge in [0.15, 0.2) is 6.10 Å². The van der Waals surface area contributed by atoms with Gasteiger partial charge in [0.05, 0.1) is 6.10 Å². The highest BCUT2D eigenvalue weighted by Crippen LogP contribution is 2.67. The molecule has 0 bridgehead atoms. The van der Waals surface area contributed by atoms with Crippen LogP contribution in [0.2, 0.25) is 0 Å². The van der Waals surface area contributed by atoms with Gasteiger partial charge in [0.1, 0.15) is 0 Å². The van der Waals surface area contributed by atoms with Gasteiger partial charge in [-0.2, -0.15) is 0 Å². The summed E-state index contributed by atoms with van der Waals surface area (Å²) < 4.78 is 6.26. The van der Waals surface area contributed by atoms with Crippen LogP contribution in [0.25, 0.3) is 0 Å². The zero-order chi connectivity index (χ0) is 26.8. The first-order valence-electron chi connectivity index (χ1n) is 16.2. The molecule has 0 aromatic heterocycles. The summed E-state index contributed by atoms with van der Waals surface area (Å²) >= 11 is 0. The second-order valence-electron chi connectivity index (χ2n) is 14.6. The molecule has 0 aromatic rings. The number of aliphatic carboxylic acids is 1. The number of allylic oxidation sites excluding steroid dienone is 1. The van der Waals surface area contributed by atoms with Crippen molar-refractivity contribution in [2.75, 3.05) is 0 Å². The summed E-state index contributed by atoms with van der Waals surface area (Å²) in [6, 6.07) is 0. The largest absolute Gasteiger partial charge is 0.479 e. The molecule has 0 amide bonds. The molecule has 4 aliphatic rings. The Kier molecular flexibility index (Phi) is 9.56. The van der Waals surface area contributed by atoms with Crippen LogP contribution >= 0.6 is 0 Å². The Hall–Kier alpha value is -0.830. The number of fused-ring (bicyclic) bond motifs is 5. The first-order valence-corrected chi connectivity index (χ1v) is 16.2. The molecule has 9 atom stereocenters. The molecule has 212 valence electrons. The van der Waals surface area contributed by atoms with E-state index in [4.69, 9.17) is 4.74 Å². The van der Waals surface area contributed by atoms with Crippen molar-refractivity contribution in [3.63, 3.8) is 0 Å².